The summed E-state index contributed by atoms with van der Waals surface area (Å²) in [6.45, 7) is 0.578. The van der Waals surface area contributed by atoms with Gasteiger partial charge in [-0.1, -0.05) is 42.5 Å². The summed E-state index contributed by atoms with van der Waals surface area (Å²) in [6.07, 6.45) is 3.20. The summed E-state index contributed by atoms with van der Waals surface area (Å²) in [4.78, 5) is 25.9. The van der Waals surface area contributed by atoms with Crippen molar-refractivity contribution in [1.29, 1.82) is 0 Å². The van der Waals surface area contributed by atoms with Crippen molar-refractivity contribution in [2.45, 2.75) is 37.6 Å². The predicted molar refractivity (Wildman–Crippen MR) is 91.8 cm³/mol. The first kappa shape index (κ1) is 15.2. The number of piperidine rings is 1. The summed E-state index contributed by atoms with van der Waals surface area (Å²) >= 11 is 0. The molecule has 2 aromatic rings. The molecule has 0 bridgehead atoms. The molecule has 2 unspecified atom stereocenters. The highest BCUT2D eigenvalue weighted by molar-refractivity contribution is 5.91. The quantitative estimate of drug-likeness (QED) is 0.942. The Morgan fingerprint density at radius 3 is 2.67 bits per heavy atom. The van der Waals surface area contributed by atoms with Crippen LogP contribution in [0.3, 0.4) is 0 Å². The van der Waals surface area contributed by atoms with E-state index in [9.17, 15) is 14.7 Å². The Labute approximate surface area is 141 Å². The minimum absolute atomic E-state index is 0.0278. The van der Waals surface area contributed by atoms with Gasteiger partial charge in [-0.15, -0.1) is 0 Å². The second-order valence-electron chi connectivity index (χ2n) is 6.90. The third-order valence-electron chi connectivity index (χ3n) is 5.40. The zero-order chi connectivity index (χ0) is 16.7. The lowest BCUT2D eigenvalue weighted by atomic mass is 9.98. The van der Waals surface area contributed by atoms with E-state index in [1.165, 1.54) is 16.3 Å². The number of hydrogen-bond donors (Lipinski definition) is 1. The second kappa shape index (κ2) is 5.93. The van der Waals surface area contributed by atoms with Crippen molar-refractivity contribution in [3.8, 4) is 0 Å². The molecular weight excluding hydrogens is 302 g/mol. The fourth-order valence-electron chi connectivity index (χ4n) is 4.05. The maximum atomic E-state index is 12.9. The highest BCUT2D eigenvalue weighted by atomic mass is 16.4. The fourth-order valence-corrected chi connectivity index (χ4v) is 4.05. The van der Waals surface area contributed by atoms with E-state index in [1.807, 2.05) is 18.2 Å². The van der Waals surface area contributed by atoms with Gasteiger partial charge >= 0.3 is 5.97 Å². The van der Waals surface area contributed by atoms with Gasteiger partial charge in [0.15, 0.2) is 0 Å². The Hall–Kier alpha value is -2.36. The van der Waals surface area contributed by atoms with E-state index < -0.39 is 12.0 Å². The summed E-state index contributed by atoms with van der Waals surface area (Å²) in [6, 6.07) is 13.8. The highest BCUT2D eigenvalue weighted by Crippen LogP contribution is 2.50. The van der Waals surface area contributed by atoms with Gasteiger partial charge in [0.1, 0.15) is 6.04 Å². The highest BCUT2D eigenvalue weighted by Gasteiger charge is 2.48. The first-order valence-electron chi connectivity index (χ1n) is 8.68. The number of amides is 1. The molecule has 24 heavy (non-hydrogen) atoms. The van der Waals surface area contributed by atoms with Gasteiger partial charge < -0.3 is 10.0 Å². The molecule has 3 atom stereocenters. The van der Waals surface area contributed by atoms with Crippen LogP contribution in [-0.2, 0) is 9.59 Å². The number of rotatable bonds is 3. The molecule has 4 heteroatoms. The normalized spacial score (nSPS) is 26.3. The smallest absolute Gasteiger partial charge is 0.326 e. The van der Waals surface area contributed by atoms with E-state index in [4.69, 9.17) is 0 Å². The molecule has 1 saturated heterocycles. The first-order valence-corrected chi connectivity index (χ1v) is 8.68. The standard InChI is InChI=1S/C20H21NO3/c22-19(21-11-4-3-10-18(21)20(23)24)17-12-16(17)15-9-5-7-13-6-1-2-8-14(13)15/h1-2,5-9,16-18H,3-4,10-12H2,(H,23,24)/t16?,17?,18-/m1/s1. The van der Waals surface area contributed by atoms with Crippen LogP contribution in [0.1, 0.15) is 37.2 Å². The lowest BCUT2D eigenvalue weighted by molar-refractivity contribution is -0.152. The lowest BCUT2D eigenvalue weighted by Gasteiger charge is -2.33. The number of benzene rings is 2. The molecule has 4 nitrogen and oxygen atoms in total. The number of aliphatic carboxylic acids is 1. The minimum atomic E-state index is -0.870. The van der Waals surface area contributed by atoms with Crippen LogP contribution >= 0.6 is 0 Å². The monoisotopic (exact) mass is 323 g/mol. The average Bonchev–Trinajstić information content (AvgIpc) is 3.41. The molecule has 1 aliphatic heterocycles. The summed E-state index contributed by atoms with van der Waals surface area (Å²) in [5.74, 6) is -0.679. The molecule has 1 heterocycles. The lowest BCUT2D eigenvalue weighted by Crippen LogP contribution is -2.48. The van der Waals surface area contributed by atoms with Crippen LogP contribution in [0.4, 0.5) is 0 Å². The van der Waals surface area contributed by atoms with Crippen molar-refractivity contribution in [3.05, 3.63) is 48.0 Å². The maximum absolute atomic E-state index is 12.9. The Balaban J connectivity index is 1.57. The molecule has 4 rings (SSSR count). The molecule has 1 amide bonds. The van der Waals surface area contributed by atoms with Crippen LogP contribution in [-0.4, -0.2) is 34.5 Å². The number of carbonyl (C=O) groups excluding carboxylic acids is 1. The van der Waals surface area contributed by atoms with Crippen LogP contribution in [0.15, 0.2) is 42.5 Å². The van der Waals surface area contributed by atoms with Crippen LogP contribution in [0.5, 0.6) is 0 Å². The number of carbonyl (C=O) groups is 2. The van der Waals surface area contributed by atoms with E-state index in [0.717, 1.165) is 19.3 Å². The van der Waals surface area contributed by atoms with Crippen molar-refractivity contribution >= 4 is 22.6 Å². The molecule has 0 spiro atoms. The molecule has 124 valence electrons. The second-order valence-corrected chi connectivity index (χ2v) is 6.90. The van der Waals surface area contributed by atoms with Crippen molar-refractivity contribution in [1.82, 2.24) is 4.90 Å². The SMILES string of the molecule is O=C(O)[C@H]1CCCCN1C(=O)C1CC1c1cccc2ccccc12. The van der Waals surface area contributed by atoms with Gasteiger partial charge in [-0.25, -0.2) is 4.79 Å². The van der Waals surface area contributed by atoms with Crippen LogP contribution in [0, 0.1) is 5.92 Å². The number of likely N-dealkylation sites (tertiary alicyclic amines) is 1. The third kappa shape index (κ3) is 2.56. The van der Waals surface area contributed by atoms with E-state index in [-0.39, 0.29) is 17.7 Å². The van der Waals surface area contributed by atoms with Gasteiger partial charge in [0.25, 0.3) is 0 Å². The van der Waals surface area contributed by atoms with Gasteiger partial charge in [-0.3, -0.25) is 4.79 Å². The Bertz CT molecular complexity index is 795. The van der Waals surface area contributed by atoms with Crippen LogP contribution < -0.4 is 0 Å². The van der Waals surface area contributed by atoms with Crippen molar-refractivity contribution < 1.29 is 14.7 Å². The van der Waals surface area contributed by atoms with Crippen LogP contribution in [0.25, 0.3) is 10.8 Å². The number of nitrogens with zero attached hydrogens (tertiary/aromatic N) is 1. The summed E-state index contributed by atoms with van der Waals surface area (Å²) in [7, 11) is 0. The van der Waals surface area contributed by atoms with Gasteiger partial charge in [0, 0.05) is 12.5 Å². The molecular formula is C20H21NO3. The van der Waals surface area contributed by atoms with Gasteiger partial charge in [0.05, 0.1) is 0 Å². The number of carboxylic acid groups (broad SMARTS) is 1. The topological polar surface area (TPSA) is 57.6 Å². The Morgan fingerprint density at radius 2 is 1.83 bits per heavy atom. The minimum Gasteiger partial charge on any atom is -0.480 e. The van der Waals surface area contributed by atoms with Gasteiger partial charge in [-0.05, 0) is 47.9 Å². The van der Waals surface area contributed by atoms with E-state index >= 15 is 0 Å². The first-order chi connectivity index (χ1) is 11.7. The van der Waals surface area contributed by atoms with Crippen LogP contribution in [0.2, 0.25) is 0 Å². The Kier molecular flexibility index (Phi) is 3.75. The predicted octanol–water partition coefficient (Wildman–Crippen LogP) is 3.41. The molecule has 2 aromatic carbocycles. The average molecular weight is 323 g/mol. The molecule has 2 fully saturated rings. The fraction of sp³-hybridized carbons (Fsp3) is 0.400. The van der Waals surface area contributed by atoms with Gasteiger partial charge in [0.2, 0.25) is 5.91 Å². The van der Waals surface area contributed by atoms with E-state index in [2.05, 4.69) is 24.3 Å². The molecule has 2 aliphatic rings. The van der Waals surface area contributed by atoms with E-state index in [0.29, 0.717) is 13.0 Å². The van der Waals surface area contributed by atoms with Gasteiger partial charge in [-0.2, -0.15) is 0 Å². The molecule has 0 aromatic heterocycles. The molecule has 0 radical (unpaired) electrons. The third-order valence-corrected chi connectivity index (χ3v) is 5.40. The zero-order valence-corrected chi connectivity index (χ0v) is 13.5. The number of fused-ring (bicyclic) bond motifs is 1. The zero-order valence-electron chi connectivity index (χ0n) is 13.5. The summed E-state index contributed by atoms with van der Waals surface area (Å²) in [5, 5.41) is 11.8. The molecule has 1 aliphatic carbocycles. The number of carboxylic acids is 1. The largest absolute Gasteiger partial charge is 0.480 e. The van der Waals surface area contributed by atoms with Crippen molar-refractivity contribution in [2.75, 3.05) is 6.54 Å². The number of hydrogen-bond acceptors (Lipinski definition) is 2. The maximum Gasteiger partial charge on any atom is 0.326 e. The Morgan fingerprint density at radius 1 is 1.04 bits per heavy atom. The van der Waals surface area contributed by atoms with E-state index in [1.54, 1.807) is 4.90 Å². The summed E-state index contributed by atoms with van der Waals surface area (Å²) in [5.41, 5.74) is 1.22. The van der Waals surface area contributed by atoms with Crippen molar-refractivity contribution in [2.24, 2.45) is 5.92 Å². The summed E-state index contributed by atoms with van der Waals surface area (Å²) < 4.78 is 0. The van der Waals surface area contributed by atoms with Crippen molar-refractivity contribution in [3.63, 3.8) is 0 Å². The molecule has 1 N–H and O–H groups in total. The molecule has 1 saturated carbocycles.